The van der Waals surface area contributed by atoms with E-state index in [1.54, 1.807) is 0 Å². The smallest absolute Gasteiger partial charge is 0.309 e. The monoisotopic (exact) mass is 202 g/mol. The second-order valence-corrected chi connectivity index (χ2v) is 3.66. The molecular formula is C10H22N2O2. The molecule has 0 aliphatic heterocycles. The van der Waals surface area contributed by atoms with Gasteiger partial charge in [-0.2, -0.15) is 0 Å². The molecule has 0 aliphatic carbocycles. The second kappa shape index (κ2) is 6.79. The number of carbonyl (C=O) groups excluding carboxylic acids is 1. The molecule has 0 saturated heterocycles. The van der Waals surface area contributed by atoms with Crippen LogP contribution in [0, 0.1) is 5.92 Å². The van der Waals surface area contributed by atoms with E-state index < -0.39 is 0 Å². The maximum absolute atomic E-state index is 11.2. The van der Waals surface area contributed by atoms with Crippen LogP contribution in [0.3, 0.4) is 0 Å². The normalized spacial score (nSPS) is 15.3. The van der Waals surface area contributed by atoms with E-state index in [2.05, 4.69) is 16.6 Å². The number of methoxy groups -OCH3 is 1. The number of nitrogens with zero attached hydrogens (tertiary/aromatic N) is 1. The van der Waals surface area contributed by atoms with Crippen LogP contribution in [0.15, 0.2) is 0 Å². The number of likely N-dealkylation sites (N-methyl/N-ethyl adjacent to an activating group) is 1. The summed E-state index contributed by atoms with van der Waals surface area (Å²) in [6.45, 7) is 5.28. The molecule has 0 heterocycles. The first kappa shape index (κ1) is 13.4. The Morgan fingerprint density at radius 1 is 1.57 bits per heavy atom. The van der Waals surface area contributed by atoms with Crippen molar-refractivity contribution in [3.05, 3.63) is 0 Å². The number of carbonyl (C=O) groups is 1. The molecule has 0 amide bonds. The minimum atomic E-state index is -0.163. The summed E-state index contributed by atoms with van der Waals surface area (Å²) in [6, 6.07) is 0.349. The van der Waals surface area contributed by atoms with Gasteiger partial charge in [-0.1, -0.05) is 13.8 Å². The van der Waals surface area contributed by atoms with E-state index >= 15 is 0 Å². The summed E-state index contributed by atoms with van der Waals surface area (Å²) in [4.78, 5) is 13.3. The number of hydrogen-bond acceptors (Lipinski definition) is 4. The van der Waals surface area contributed by atoms with Crippen LogP contribution in [-0.4, -0.2) is 44.2 Å². The fourth-order valence-electron chi connectivity index (χ4n) is 1.52. The summed E-state index contributed by atoms with van der Waals surface area (Å²) in [7, 11) is 3.40. The molecule has 0 spiro atoms. The molecule has 2 atom stereocenters. The second-order valence-electron chi connectivity index (χ2n) is 3.66. The van der Waals surface area contributed by atoms with Crippen LogP contribution in [0.2, 0.25) is 0 Å². The van der Waals surface area contributed by atoms with Gasteiger partial charge in [-0.25, -0.2) is 0 Å². The Bertz CT molecular complexity index is 170. The van der Waals surface area contributed by atoms with Crippen molar-refractivity contribution in [1.82, 2.24) is 4.90 Å². The van der Waals surface area contributed by atoms with E-state index in [4.69, 9.17) is 5.73 Å². The lowest BCUT2D eigenvalue weighted by Gasteiger charge is -2.27. The first-order chi connectivity index (χ1) is 6.56. The first-order valence-electron chi connectivity index (χ1n) is 5.04. The molecule has 4 heteroatoms. The topological polar surface area (TPSA) is 55.6 Å². The van der Waals surface area contributed by atoms with Crippen LogP contribution < -0.4 is 5.73 Å². The zero-order valence-corrected chi connectivity index (χ0v) is 9.62. The lowest BCUT2D eigenvalue weighted by molar-refractivity contribution is -0.145. The molecule has 0 radical (unpaired) electrons. The zero-order chi connectivity index (χ0) is 11.1. The SMILES string of the molecule is CCC(CN)N(C)CC(C)C(=O)OC. The highest BCUT2D eigenvalue weighted by atomic mass is 16.5. The molecule has 2 unspecified atom stereocenters. The fourth-order valence-corrected chi connectivity index (χ4v) is 1.52. The van der Waals surface area contributed by atoms with Gasteiger partial charge in [0.05, 0.1) is 13.0 Å². The minimum Gasteiger partial charge on any atom is -0.469 e. The molecule has 0 aliphatic rings. The van der Waals surface area contributed by atoms with Crippen LogP contribution in [0.4, 0.5) is 0 Å². The third kappa shape index (κ3) is 4.07. The summed E-state index contributed by atoms with van der Waals surface area (Å²) in [5.74, 6) is -0.255. The van der Waals surface area contributed by atoms with Crippen molar-refractivity contribution in [3.63, 3.8) is 0 Å². The summed E-state index contributed by atoms with van der Waals surface area (Å²) >= 11 is 0. The summed E-state index contributed by atoms with van der Waals surface area (Å²) < 4.78 is 4.66. The van der Waals surface area contributed by atoms with Crippen LogP contribution >= 0.6 is 0 Å². The molecule has 0 aromatic rings. The molecule has 0 aromatic carbocycles. The number of nitrogens with two attached hydrogens (primary N) is 1. The Kier molecular flexibility index (Phi) is 6.49. The standard InChI is InChI=1S/C10H22N2O2/c1-5-9(6-11)12(3)7-8(2)10(13)14-4/h8-9H,5-7,11H2,1-4H3. The average molecular weight is 202 g/mol. The van der Waals surface area contributed by atoms with Gasteiger partial charge in [0, 0.05) is 19.1 Å². The zero-order valence-electron chi connectivity index (χ0n) is 9.62. The maximum atomic E-state index is 11.2. The van der Waals surface area contributed by atoms with Crippen molar-refractivity contribution >= 4 is 5.97 Å². The molecule has 0 rings (SSSR count). The lowest BCUT2D eigenvalue weighted by Crippen LogP contribution is -2.41. The van der Waals surface area contributed by atoms with Crippen LogP contribution in [0.1, 0.15) is 20.3 Å². The minimum absolute atomic E-state index is 0.0920. The van der Waals surface area contributed by atoms with Gasteiger partial charge in [0.2, 0.25) is 0 Å². The van der Waals surface area contributed by atoms with Crippen molar-refractivity contribution in [2.24, 2.45) is 11.7 Å². The molecule has 84 valence electrons. The van der Waals surface area contributed by atoms with Gasteiger partial charge in [0.1, 0.15) is 0 Å². The number of rotatable bonds is 6. The van der Waals surface area contributed by atoms with Gasteiger partial charge in [0.15, 0.2) is 0 Å². The van der Waals surface area contributed by atoms with Gasteiger partial charge in [-0.3, -0.25) is 4.79 Å². The molecule has 4 nitrogen and oxygen atoms in total. The summed E-state index contributed by atoms with van der Waals surface area (Å²) in [5.41, 5.74) is 5.61. The summed E-state index contributed by atoms with van der Waals surface area (Å²) in [5, 5.41) is 0. The van der Waals surface area contributed by atoms with Gasteiger partial charge in [-0.15, -0.1) is 0 Å². The average Bonchev–Trinajstić information content (AvgIpc) is 2.18. The number of ether oxygens (including phenoxy) is 1. The maximum Gasteiger partial charge on any atom is 0.309 e. The Hall–Kier alpha value is -0.610. The fraction of sp³-hybridized carbons (Fsp3) is 0.900. The quantitative estimate of drug-likeness (QED) is 0.636. The van der Waals surface area contributed by atoms with Crippen LogP contribution in [0.25, 0.3) is 0 Å². The lowest BCUT2D eigenvalue weighted by atomic mass is 10.1. The highest BCUT2D eigenvalue weighted by Gasteiger charge is 2.18. The first-order valence-corrected chi connectivity index (χ1v) is 5.04. The predicted molar refractivity (Wildman–Crippen MR) is 56.9 cm³/mol. The largest absolute Gasteiger partial charge is 0.469 e. The predicted octanol–water partition coefficient (Wildman–Crippen LogP) is 0.465. The Balaban J connectivity index is 4.03. The molecule has 0 bridgehead atoms. The molecule has 0 aromatic heterocycles. The van der Waals surface area contributed by atoms with Gasteiger partial charge >= 0.3 is 5.97 Å². The van der Waals surface area contributed by atoms with Crippen molar-refractivity contribution < 1.29 is 9.53 Å². The highest BCUT2D eigenvalue weighted by Crippen LogP contribution is 2.05. The Morgan fingerprint density at radius 3 is 2.50 bits per heavy atom. The van der Waals surface area contributed by atoms with E-state index in [-0.39, 0.29) is 11.9 Å². The van der Waals surface area contributed by atoms with Crippen molar-refractivity contribution in [1.29, 1.82) is 0 Å². The van der Waals surface area contributed by atoms with E-state index in [1.807, 2.05) is 14.0 Å². The van der Waals surface area contributed by atoms with Gasteiger partial charge < -0.3 is 15.4 Å². The van der Waals surface area contributed by atoms with Crippen molar-refractivity contribution in [2.75, 3.05) is 27.2 Å². The molecule has 14 heavy (non-hydrogen) atoms. The van der Waals surface area contributed by atoms with E-state index in [0.717, 1.165) is 6.42 Å². The number of hydrogen-bond donors (Lipinski definition) is 1. The van der Waals surface area contributed by atoms with E-state index in [1.165, 1.54) is 7.11 Å². The van der Waals surface area contributed by atoms with E-state index in [9.17, 15) is 4.79 Å². The molecule has 2 N–H and O–H groups in total. The van der Waals surface area contributed by atoms with Crippen LogP contribution in [-0.2, 0) is 9.53 Å². The Labute approximate surface area is 86.4 Å². The summed E-state index contributed by atoms with van der Waals surface area (Å²) in [6.07, 6.45) is 1.00. The van der Waals surface area contributed by atoms with Crippen molar-refractivity contribution in [3.8, 4) is 0 Å². The third-order valence-electron chi connectivity index (χ3n) is 2.53. The molecule has 0 fully saturated rings. The number of esters is 1. The van der Waals surface area contributed by atoms with Gasteiger partial charge in [-0.05, 0) is 13.5 Å². The Morgan fingerprint density at radius 2 is 2.14 bits per heavy atom. The highest BCUT2D eigenvalue weighted by molar-refractivity contribution is 5.72. The van der Waals surface area contributed by atoms with Crippen LogP contribution in [0.5, 0.6) is 0 Å². The van der Waals surface area contributed by atoms with Gasteiger partial charge in [0.25, 0.3) is 0 Å². The third-order valence-corrected chi connectivity index (χ3v) is 2.53. The molecule has 0 saturated carbocycles. The molecular weight excluding hydrogens is 180 g/mol. The van der Waals surface area contributed by atoms with Crippen molar-refractivity contribution in [2.45, 2.75) is 26.3 Å². The van der Waals surface area contributed by atoms with E-state index in [0.29, 0.717) is 19.1 Å².